The Morgan fingerprint density at radius 3 is 1.84 bits per heavy atom. The predicted octanol–water partition coefficient (Wildman–Crippen LogP) is 5.52. The van der Waals surface area contributed by atoms with Crippen LogP contribution < -0.4 is 15.1 Å². The first kappa shape index (κ1) is 26.2. The Hall–Kier alpha value is -4.88. The molecule has 5 aromatic rings. The van der Waals surface area contributed by atoms with Crippen LogP contribution in [0.1, 0.15) is 21.5 Å². The maximum Gasteiger partial charge on any atom is 0.339 e. The van der Waals surface area contributed by atoms with Crippen LogP contribution in [0.3, 0.4) is 0 Å². The van der Waals surface area contributed by atoms with Gasteiger partial charge in [-0.05, 0) is 47.5 Å². The van der Waals surface area contributed by atoms with E-state index >= 15 is 0 Å². The van der Waals surface area contributed by atoms with Crippen LogP contribution in [-0.4, -0.2) is 22.6 Å². The molecule has 0 aliphatic carbocycles. The first-order chi connectivity index (χ1) is 18.5. The second-order valence-corrected chi connectivity index (χ2v) is 8.26. The van der Waals surface area contributed by atoms with Crippen LogP contribution in [0.2, 0.25) is 0 Å². The topological polar surface area (TPSA) is 106 Å². The molecule has 4 aromatic carbocycles. The van der Waals surface area contributed by atoms with E-state index in [9.17, 15) is 14.7 Å². The fourth-order valence-corrected chi connectivity index (χ4v) is 3.53. The van der Waals surface area contributed by atoms with E-state index in [0.29, 0.717) is 41.2 Å². The molecule has 0 spiro atoms. The van der Waals surface area contributed by atoms with Gasteiger partial charge in [-0.3, -0.25) is 4.79 Å². The van der Waals surface area contributed by atoms with Gasteiger partial charge in [0.2, 0.25) is 0 Å². The van der Waals surface area contributed by atoms with E-state index in [0.717, 1.165) is 17.2 Å². The van der Waals surface area contributed by atoms with Gasteiger partial charge >= 0.3 is 5.63 Å². The molecule has 38 heavy (non-hydrogen) atoms. The molecule has 0 amide bonds. The quantitative estimate of drug-likeness (QED) is 0.209. The van der Waals surface area contributed by atoms with Crippen molar-refractivity contribution in [3.05, 3.63) is 136 Å². The van der Waals surface area contributed by atoms with Gasteiger partial charge < -0.3 is 24.1 Å². The molecule has 0 atom stereocenters. The molecule has 0 bridgehead atoms. The summed E-state index contributed by atoms with van der Waals surface area (Å²) in [5.74, 6) is 0.902. The number of aliphatic hydroxyl groups excluding tert-OH is 1. The number of aromatic hydroxyl groups is 1. The number of ether oxygens (including phenoxy) is 2. The zero-order valence-electron chi connectivity index (χ0n) is 20.4. The number of rotatable bonds is 8. The van der Waals surface area contributed by atoms with E-state index in [-0.39, 0.29) is 11.5 Å². The molecule has 5 rings (SSSR count). The van der Waals surface area contributed by atoms with Crippen LogP contribution in [0.4, 0.5) is 0 Å². The van der Waals surface area contributed by atoms with Gasteiger partial charge in [-0.1, -0.05) is 60.7 Å². The second-order valence-electron chi connectivity index (χ2n) is 8.26. The van der Waals surface area contributed by atoms with E-state index in [1.807, 2.05) is 60.7 Å². The highest BCUT2D eigenvalue weighted by atomic mass is 16.5. The second kappa shape index (κ2) is 12.9. The molecule has 7 nitrogen and oxygen atoms in total. The molecule has 192 valence electrons. The Kier molecular flexibility index (Phi) is 8.89. The fraction of sp³-hybridized carbons (Fsp3) is 0.0968. The SMILES string of the molecule is O=C(CO)c1ccc(OCc2ccccc2)cc1.O=c1cc(O)c2ccc(OCc3ccccc3)cc2o1. The Balaban J connectivity index is 0.000000178. The largest absolute Gasteiger partial charge is 0.507 e. The molecule has 0 unspecified atom stereocenters. The highest BCUT2D eigenvalue weighted by Crippen LogP contribution is 2.26. The highest BCUT2D eigenvalue weighted by molar-refractivity contribution is 5.96. The van der Waals surface area contributed by atoms with Crippen molar-refractivity contribution in [3.8, 4) is 17.2 Å². The van der Waals surface area contributed by atoms with Crippen molar-refractivity contribution in [2.24, 2.45) is 0 Å². The number of Topliss-reactive ketones (excluding diaryl/α,β-unsaturated/α-hetero) is 1. The summed E-state index contributed by atoms with van der Waals surface area (Å²) in [6.07, 6.45) is 0. The average molecular weight is 511 g/mol. The number of aliphatic hydroxyl groups is 1. The lowest BCUT2D eigenvalue weighted by molar-refractivity contribution is 0.0903. The maximum atomic E-state index is 11.2. The van der Waals surface area contributed by atoms with Gasteiger partial charge in [0.25, 0.3) is 0 Å². The summed E-state index contributed by atoms with van der Waals surface area (Å²) < 4.78 is 16.3. The number of carbonyl (C=O) groups is 1. The maximum absolute atomic E-state index is 11.2. The zero-order chi connectivity index (χ0) is 26.7. The summed E-state index contributed by atoms with van der Waals surface area (Å²) in [7, 11) is 0. The van der Waals surface area contributed by atoms with Crippen molar-refractivity contribution in [2.75, 3.05) is 6.61 Å². The molecule has 0 aliphatic heterocycles. The predicted molar refractivity (Wildman–Crippen MR) is 144 cm³/mol. The molecule has 1 heterocycles. The third-order valence-corrected chi connectivity index (χ3v) is 5.51. The molecular formula is C31H26O7. The summed E-state index contributed by atoms with van der Waals surface area (Å²) >= 11 is 0. The lowest BCUT2D eigenvalue weighted by Gasteiger charge is -2.07. The highest BCUT2D eigenvalue weighted by Gasteiger charge is 2.06. The number of ketones is 1. The molecule has 7 heteroatoms. The van der Waals surface area contributed by atoms with Crippen molar-refractivity contribution < 1.29 is 28.9 Å². The minimum absolute atomic E-state index is 0.0918. The van der Waals surface area contributed by atoms with E-state index < -0.39 is 12.2 Å². The molecule has 0 saturated heterocycles. The van der Waals surface area contributed by atoms with E-state index in [2.05, 4.69) is 0 Å². The lowest BCUT2D eigenvalue weighted by atomic mass is 10.1. The summed E-state index contributed by atoms with van der Waals surface area (Å²) in [5, 5.41) is 18.9. The van der Waals surface area contributed by atoms with Gasteiger partial charge in [-0.25, -0.2) is 4.79 Å². The molecule has 0 fully saturated rings. The smallest absolute Gasteiger partial charge is 0.339 e. The lowest BCUT2D eigenvalue weighted by Crippen LogP contribution is -2.04. The standard InChI is InChI=1S/C16H12O4.C15H14O3/c17-14-9-16(18)20-15-8-12(6-7-13(14)15)19-10-11-4-2-1-3-5-11;16-10-15(17)13-6-8-14(9-7-13)18-11-12-4-2-1-3-5-12/h1-9,17H,10H2;1-9,16H,10-11H2. The number of hydrogen-bond acceptors (Lipinski definition) is 7. The number of carbonyl (C=O) groups excluding carboxylic acids is 1. The first-order valence-electron chi connectivity index (χ1n) is 11.9. The monoisotopic (exact) mass is 510 g/mol. The molecule has 2 N–H and O–H groups in total. The van der Waals surface area contributed by atoms with Crippen molar-refractivity contribution in [3.63, 3.8) is 0 Å². The Labute approximate surface area is 219 Å². The van der Waals surface area contributed by atoms with Crippen LogP contribution >= 0.6 is 0 Å². The Bertz CT molecular complexity index is 1530. The van der Waals surface area contributed by atoms with Crippen molar-refractivity contribution in [2.45, 2.75) is 13.2 Å². The third kappa shape index (κ3) is 7.32. The van der Waals surface area contributed by atoms with Gasteiger partial charge in [0, 0.05) is 11.6 Å². The van der Waals surface area contributed by atoms with Crippen LogP contribution in [0.25, 0.3) is 11.0 Å². The number of hydrogen-bond donors (Lipinski definition) is 2. The minimum atomic E-state index is -0.588. The molecule has 0 aliphatic rings. The molecule has 0 radical (unpaired) electrons. The summed E-state index contributed by atoms with van der Waals surface area (Å²) in [6, 6.07) is 32.4. The summed E-state index contributed by atoms with van der Waals surface area (Å²) in [4.78, 5) is 22.4. The van der Waals surface area contributed by atoms with Crippen LogP contribution in [0, 0.1) is 0 Å². The fourth-order valence-electron chi connectivity index (χ4n) is 3.53. The van der Waals surface area contributed by atoms with Crippen LogP contribution in [0.15, 0.2) is 118 Å². The normalized spacial score (nSPS) is 10.3. The Morgan fingerprint density at radius 2 is 1.26 bits per heavy atom. The van der Waals surface area contributed by atoms with Crippen LogP contribution in [0.5, 0.6) is 17.2 Å². The minimum Gasteiger partial charge on any atom is -0.507 e. The van der Waals surface area contributed by atoms with Crippen molar-refractivity contribution in [1.29, 1.82) is 0 Å². The number of benzene rings is 4. The van der Waals surface area contributed by atoms with Gasteiger partial charge in [0.15, 0.2) is 5.78 Å². The molecule has 0 saturated carbocycles. The van der Waals surface area contributed by atoms with Gasteiger partial charge in [0.1, 0.15) is 42.7 Å². The average Bonchev–Trinajstić information content (AvgIpc) is 2.96. The van der Waals surface area contributed by atoms with Crippen LogP contribution in [-0.2, 0) is 13.2 Å². The van der Waals surface area contributed by atoms with Gasteiger partial charge in [0.05, 0.1) is 11.5 Å². The van der Waals surface area contributed by atoms with E-state index in [4.69, 9.17) is 19.0 Å². The summed E-state index contributed by atoms with van der Waals surface area (Å²) in [5.41, 5.74) is 2.35. The van der Waals surface area contributed by atoms with Gasteiger partial charge in [-0.2, -0.15) is 0 Å². The van der Waals surface area contributed by atoms with E-state index in [1.54, 1.807) is 42.5 Å². The first-order valence-corrected chi connectivity index (χ1v) is 11.9. The molecule has 1 aromatic heterocycles. The third-order valence-electron chi connectivity index (χ3n) is 5.51. The van der Waals surface area contributed by atoms with Crippen molar-refractivity contribution in [1.82, 2.24) is 0 Å². The summed E-state index contributed by atoms with van der Waals surface area (Å²) in [6.45, 7) is 0.452. The van der Waals surface area contributed by atoms with Gasteiger partial charge in [-0.15, -0.1) is 0 Å². The zero-order valence-corrected chi connectivity index (χ0v) is 20.4. The van der Waals surface area contributed by atoms with Crippen molar-refractivity contribution >= 4 is 16.8 Å². The number of fused-ring (bicyclic) bond motifs is 1. The van der Waals surface area contributed by atoms with E-state index in [1.165, 1.54) is 0 Å². The molecular weight excluding hydrogens is 484 g/mol. The Morgan fingerprint density at radius 1 is 0.711 bits per heavy atom.